The van der Waals surface area contributed by atoms with Crippen molar-refractivity contribution in [2.75, 3.05) is 0 Å². The van der Waals surface area contributed by atoms with Crippen molar-refractivity contribution in [3.63, 3.8) is 0 Å². The van der Waals surface area contributed by atoms with Crippen LogP contribution in [0.15, 0.2) is 4.60 Å². The van der Waals surface area contributed by atoms with E-state index in [9.17, 15) is 0 Å². The maximum absolute atomic E-state index is 5.90. The molecule has 3 nitrogen and oxygen atoms in total. The Morgan fingerprint density at radius 3 is 2.12 bits per heavy atom. The molecule has 0 atom stereocenters. The van der Waals surface area contributed by atoms with Crippen molar-refractivity contribution < 1.29 is 9.31 Å². The van der Waals surface area contributed by atoms with E-state index in [1.807, 2.05) is 27.7 Å². The van der Waals surface area contributed by atoms with Gasteiger partial charge in [-0.05, 0) is 43.6 Å². The number of halogens is 2. The molecule has 1 aromatic rings. The van der Waals surface area contributed by atoms with Crippen molar-refractivity contribution in [1.29, 1.82) is 0 Å². The Balaban J connectivity index is 2.30. The third kappa shape index (κ3) is 2.06. The minimum absolute atomic E-state index is 0.340. The van der Waals surface area contributed by atoms with Gasteiger partial charge in [0.2, 0.25) is 0 Å². The molecule has 1 aromatic heterocycles. The molecule has 7 heteroatoms. The molecule has 0 amide bonds. The largest absolute Gasteiger partial charge is 0.508 e. The van der Waals surface area contributed by atoms with Crippen LogP contribution in [0.3, 0.4) is 0 Å². The molecule has 0 unspecified atom stereocenters. The lowest BCUT2D eigenvalue weighted by atomic mass is 9.89. The Labute approximate surface area is 113 Å². The highest BCUT2D eigenvalue weighted by atomic mass is 79.9. The monoisotopic (exact) mass is 323 g/mol. The molecule has 1 aliphatic rings. The Kier molecular flexibility index (Phi) is 3.17. The molecule has 0 saturated carbocycles. The summed E-state index contributed by atoms with van der Waals surface area (Å²) in [7, 11) is -0.399. The summed E-state index contributed by atoms with van der Waals surface area (Å²) in [5, 5.41) is 0. The Hall–Kier alpha value is 0.385. The van der Waals surface area contributed by atoms with Crippen molar-refractivity contribution in [3.8, 4) is 0 Å². The average molecular weight is 324 g/mol. The second-order valence-electron chi connectivity index (χ2n) is 4.71. The first-order valence-corrected chi connectivity index (χ1v) is 6.89. The van der Waals surface area contributed by atoms with Crippen molar-refractivity contribution in [1.82, 2.24) is 4.98 Å². The topological polar surface area (TPSA) is 31.4 Å². The molecule has 0 N–H and O–H groups in total. The highest BCUT2D eigenvalue weighted by molar-refractivity contribution is 9.10. The van der Waals surface area contributed by atoms with Crippen LogP contribution >= 0.6 is 38.9 Å². The van der Waals surface area contributed by atoms with Gasteiger partial charge in [-0.1, -0.05) is 11.6 Å². The molecular formula is C9H12BBrClNO2S. The number of hydrogen-bond donors (Lipinski definition) is 0. The van der Waals surface area contributed by atoms with E-state index >= 15 is 0 Å². The van der Waals surface area contributed by atoms with Crippen molar-refractivity contribution in [3.05, 3.63) is 9.07 Å². The number of hydrogen-bond acceptors (Lipinski definition) is 4. The van der Waals surface area contributed by atoms with Crippen LogP contribution in [0.4, 0.5) is 0 Å². The molecule has 1 saturated heterocycles. The molecule has 0 bridgehead atoms. The standard InChI is InChI=1S/C9H12BBrClNO2S/c1-8(2)9(3,4)15-10(14-8)5-6(11)13-7(12)16-5/h1-4H3. The van der Waals surface area contributed by atoms with E-state index < -0.39 is 7.12 Å². The molecular weight excluding hydrogens is 312 g/mol. The number of nitrogens with zero attached hydrogens (tertiary/aromatic N) is 1. The lowest BCUT2D eigenvalue weighted by molar-refractivity contribution is 0.00578. The zero-order valence-electron chi connectivity index (χ0n) is 9.51. The smallest absolute Gasteiger partial charge is 0.399 e. The van der Waals surface area contributed by atoms with E-state index in [0.29, 0.717) is 9.07 Å². The fraction of sp³-hybridized carbons (Fsp3) is 0.667. The third-order valence-corrected chi connectivity index (χ3v) is 5.10. The summed E-state index contributed by atoms with van der Waals surface area (Å²) in [6.07, 6.45) is 0. The van der Waals surface area contributed by atoms with Gasteiger partial charge in [-0.15, -0.1) is 11.3 Å². The molecule has 1 fully saturated rings. The Morgan fingerprint density at radius 2 is 1.75 bits per heavy atom. The number of aromatic nitrogens is 1. The van der Waals surface area contributed by atoms with Gasteiger partial charge >= 0.3 is 7.12 Å². The SMILES string of the molecule is CC1(C)OB(c2sc(Cl)nc2Br)OC1(C)C. The van der Waals surface area contributed by atoms with Crippen LogP contribution in [0, 0.1) is 0 Å². The molecule has 2 rings (SSSR count). The molecule has 16 heavy (non-hydrogen) atoms. The van der Waals surface area contributed by atoms with E-state index in [1.54, 1.807) is 0 Å². The second kappa shape index (κ2) is 3.95. The predicted octanol–water partition coefficient (Wildman–Crippen LogP) is 2.86. The third-order valence-electron chi connectivity index (χ3n) is 3.05. The van der Waals surface area contributed by atoms with Gasteiger partial charge in [0.05, 0.1) is 16.0 Å². The maximum Gasteiger partial charge on any atom is 0.508 e. The molecule has 2 heterocycles. The van der Waals surface area contributed by atoms with Crippen LogP contribution in [-0.2, 0) is 9.31 Å². The summed E-state index contributed by atoms with van der Waals surface area (Å²) in [5.41, 5.74) is -0.679. The summed E-state index contributed by atoms with van der Waals surface area (Å²) in [4.78, 5) is 4.09. The lowest BCUT2D eigenvalue weighted by Crippen LogP contribution is -2.41. The van der Waals surface area contributed by atoms with Gasteiger partial charge in [0.1, 0.15) is 4.60 Å². The van der Waals surface area contributed by atoms with Gasteiger partial charge in [-0.2, -0.15) is 0 Å². The van der Waals surface area contributed by atoms with Gasteiger partial charge in [0.25, 0.3) is 0 Å². The predicted molar refractivity (Wildman–Crippen MR) is 70.5 cm³/mol. The molecule has 1 aliphatic heterocycles. The van der Waals surface area contributed by atoms with Crippen molar-refractivity contribution in [2.24, 2.45) is 0 Å². The minimum Gasteiger partial charge on any atom is -0.399 e. The number of thiazole rings is 1. The van der Waals surface area contributed by atoms with E-state index in [0.717, 1.165) is 4.78 Å². The number of rotatable bonds is 1. The van der Waals surface area contributed by atoms with Gasteiger partial charge in [0, 0.05) is 0 Å². The van der Waals surface area contributed by atoms with Crippen LogP contribution in [0.1, 0.15) is 27.7 Å². The molecule has 0 aliphatic carbocycles. The van der Waals surface area contributed by atoms with E-state index in [-0.39, 0.29) is 11.2 Å². The van der Waals surface area contributed by atoms with Crippen LogP contribution in [0.5, 0.6) is 0 Å². The fourth-order valence-electron chi connectivity index (χ4n) is 1.38. The molecule has 0 radical (unpaired) electrons. The first-order chi connectivity index (χ1) is 7.23. The van der Waals surface area contributed by atoms with Gasteiger partial charge in [0.15, 0.2) is 4.47 Å². The van der Waals surface area contributed by atoms with Crippen LogP contribution in [0.25, 0.3) is 0 Å². The summed E-state index contributed by atoms with van der Waals surface area (Å²) < 4.78 is 13.9. The summed E-state index contributed by atoms with van der Waals surface area (Å²) in [6, 6.07) is 0. The Morgan fingerprint density at radius 1 is 1.25 bits per heavy atom. The summed E-state index contributed by atoms with van der Waals surface area (Å²) >= 11 is 10.6. The lowest BCUT2D eigenvalue weighted by Gasteiger charge is -2.32. The molecule has 88 valence electrons. The van der Waals surface area contributed by atoms with E-state index in [4.69, 9.17) is 20.9 Å². The normalized spacial score (nSPS) is 22.8. The van der Waals surface area contributed by atoms with Crippen LogP contribution in [0.2, 0.25) is 4.47 Å². The first kappa shape index (κ1) is 12.8. The van der Waals surface area contributed by atoms with Gasteiger partial charge < -0.3 is 9.31 Å². The van der Waals surface area contributed by atoms with Crippen LogP contribution < -0.4 is 4.78 Å². The highest BCUT2D eigenvalue weighted by Crippen LogP contribution is 2.37. The second-order valence-corrected chi connectivity index (χ2v) is 7.07. The fourth-order valence-corrected chi connectivity index (χ4v) is 3.18. The van der Waals surface area contributed by atoms with Gasteiger partial charge in [-0.3, -0.25) is 0 Å². The first-order valence-electron chi connectivity index (χ1n) is 4.90. The van der Waals surface area contributed by atoms with Crippen LogP contribution in [-0.4, -0.2) is 23.3 Å². The molecule has 0 spiro atoms. The quantitative estimate of drug-likeness (QED) is 0.745. The molecule has 0 aromatic carbocycles. The van der Waals surface area contributed by atoms with Crippen molar-refractivity contribution in [2.45, 2.75) is 38.9 Å². The zero-order chi connectivity index (χ0) is 12.1. The summed E-state index contributed by atoms with van der Waals surface area (Å²) in [5.74, 6) is 0. The van der Waals surface area contributed by atoms with Gasteiger partial charge in [-0.25, -0.2) is 4.98 Å². The van der Waals surface area contributed by atoms with Crippen molar-refractivity contribution >= 4 is 50.8 Å². The zero-order valence-corrected chi connectivity index (χ0v) is 12.7. The highest BCUT2D eigenvalue weighted by Gasteiger charge is 2.53. The van der Waals surface area contributed by atoms with E-state index in [1.165, 1.54) is 11.3 Å². The Bertz CT molecular complexity index is 408. The maximum atomic E-state index is 5.90. The minimum atomic E-state index is -0.399. The summed E-state index contributed by atoms with van der Waals surface area (Å²) in [6.45, 7) is 8.07. The average Bonchev–Trinajstić information content (AvgIpc) is 2.51. The van der Waals surface area contributed by atoms with E-state index in [2.05, 4.69) is 20.9 Å².